The average molecular weight is 298 g/mol. The number of H-pyrrole nitrogens is 1. The molecule has 2 amide bonds. The Morgan fingerprint density at radius 2 is 2.10 bits per heavy atom. The number of aliphatic carboxylic acids is 1. The van der Waals surface area contributed by atoms with Gasteiger partial charge >= 0.3 is 5.97 Å². The Balaban J connectivity index is 2.62. The third-order valence-corrected chi connectivity index (χ3v) is 2.94. The molecule has 0 aliphatic carbocycles. The van der Waals surface area contributed by atoms with Gasteiger partial charge in [-0.15, -0.1) is 5.10 Å². The maximum absolute atomic E-state index is 11.9. The summed E-state index contributed by atoms with van der Waals surface area (Å²) in [5.74, 6) is -1.97. The summed E-state index contributed by atoms with van der Waals surface area (Å²) in [6, 6.07) is -0.808. The molecule has 0 aliphatic rings. The van der Waals surface area contributed by atoms with Crippen molar-refractivity contribution >= 4 is 17.8 Å². The fraction of sp³-hybridized carbons (Fsp3) is 0.636. The van der Waals surface area contributed by atoms with Crippen molar-refractivity contribution in [1.29, 1.82) is 0 Å². The average Bonchev–Trinajstić information content (AvgIpc) is 2.94. The van der Waals surface area contributed by atoms with Crippen LogP contribution in [0.4, 0.5) is 0 Å². The van der Waals surface area contributed by atoms with E-state index < -0.39 is 30.4 Å². The predicted molar refractivity (Wildman–Crippen MR) is 69.9 cm³/mol. The topological polar surface area (TPSA) is 150 Å². The molecule has 2 atom stereocenters. The number of carbonyl (C=O) groups is 3. The lowest BCUT2D eigenvalue weighted by atomic mass is 9.98. The molecule has 10 heteroatoms. The van der Waals surface area contributed by atoms with E-state index in [1.165, 1.54) is 0 Å². The van der Waals surface area contributed by atoms with Crippen LogP contribution in [0.5, 0.6) is 0 Å². The summed E-state index contributed by atoms with van der Waals surface area (Å²) in [5, 5.41) is 26.1. The molecular formula is C11H18N6O4. The minimum absolute atomic E-state index is 0.0911. The molecule has 1 aromatic rings. The van der Waals surface area contributed by atoms with Gasteiger partial charge in [-0.1, -0.05) is 20.3 Å². The van der Waals surface area contributed by atoms with Crippen molar-refractivity contribution < 1.29 is 19.5 Å². The summed E-state index contributed by atoms with van der Waals surface area (Å²) < 4.78 is 0. The van der Waals surface area contributed by atoms with Crippen LogP contribution < -0.4 is 10.6 Å². The van der Waals surface area contributed by atoms with E-state index in [-0.39, 0.29) is 18.2 Å². The van der Waals surface area contributed by atoms with Crippen LogP contribution in [0, 0.1) is 5.92 Å². The maximum Gasteiger partial charge on any atom is 0.322 e. The highest BCUT2D eigenvalue weighted by Gasteiger charge is 2.26. The lowest BCUT2D eigenvalue weighted by Crippen LogP contribution is -2.51. The van der Waals surface area contributed by atoms with Gasteiger partial charge in [0.05, 0.1) is 6.42 Å². The summed E-state index contributed by atoms with van der Waals surface area (Å²) >= 11 is 0. The molecule has 1 rings (SSSR count). The monoisotopic (exact) mass is 298 g/mol. The van der Waals surface area contributed by atoms with E-state index in [4.69, 9.17) is 5.11 Å². The van der Waals surface area contributed by atoms with Crippen molar-refractivity contribution in [1.82, 2.24) is 31.3 Å². The van der Waals surface area contributed by atoms with Crippen LogP contribution in [-0.4, -0.2) is 56.1 Å². The Morgan fingerprint density at radius 3 is 2.62 bits per heavy atom. The second-order valence-corrected chi connectivity index (χ2v) is 4.57. The fourth-order valence-corrected chi connectivity index (χ4v) is 1.60. The first kappa shape index (κ1) is 16.5. The molecule has 0 saturated carbocycles. The van der Waals surface area contributed by atoms with Crippen LogP contribution >= 0.6 is 0 Å². The van der Waals surface area contributed by atoms with Gasteiger partial charge < -0.3 is 15.7 Å². The molecule has 4 N–H and O–H groups in total. The second kappa shape index (κ2) is 7.92. The van der Waals surface area contributed by atoms with E-state index in [0.29, 0.717) is 6.42 Å². The molecule has 0 saturated heterocycles. The predicted octanol–water partition coefficient (Wildman–Crippen LogP) is -1.53. The number of nitrogens with zero attached hydrogens (tertiary/aromatic N) is 3. The van der Waals surface area contributed by atoms with Gasteiger partial charge in [-0.2, -0.15) is 0 Å². The minimum Gasteiger partial charge on any atom is -0.480 e. The Hall–Kier alpha value is -2.52. The van der Waals surface area contributed by atoms with Crippen molar-refractivity contribution in [3.63, 3.8) is 0 Å². The summed E-state index contributed by atoms with van der Waals surface area (Å²) in [5.41, 5.74) is 0. The van der Waals surface area contributed by atoms with E-state index in [1.54, 1.807) is 6.92 Å². The van der Waals surface area contributed by atoms with E-state index in [2.05, 4.69) is 31.3 Å². The molecule has 116 valence electrons. The lowest BCUT2D eigenvalue weighted by molar-refractivity contribution is -0.138. The van der Waals surface area contributed by atoms with Crippen molar-refractivity contribution in [3.8, 4) is 0 Å². The number of amides is 2. The number of carbonyl (C=O) groups excluding carboxylic acids is 2. The maximum atomic E-state index is 11.9. The molecule has 0 fully saturated rings. The summed E-state index contributed by atoms with van der Waals surface area (Å²) in [6.07, 6.45) is 0.557. The van der Waals surface area contributed by atoms with Crippen molar-refractivity contribution in [3.05, 3.63) is 5.82 Å². The lowest BCUT2D eigenvalue weighted by Gasteiger charge is -2.23. The highest BCUT2D eigenvalue weighted by atomic mass is 16.4. The van der Waals surface area contributed by atoms with Crippen LogP contribution in [0.2, 0.25) is 0 Å². The smallest absolute Gasteiger partial charge is 0.322 e. The van der Waals surface area contributed by atoms with Gasteiger partial charge in [0.1, 0.15) is 12.6 Å². The molecule has 10 nitrogen and oxygen atoms in total. The van der Waals surface area contributed by atoms with Gasteiger partial charge in [-0.05, 0) is 16.3 Å². The normalized spacial score (nSPS) is 13.2. The SMILES string of the molecule is CC[C@H](C)[C@H](NC(=O)Cc1nnn[nH]1)C(=O)NCC(=O)O. The molecule has 0 radical (unpaired) electrons. The van der Waals surface area contributed by atoms with E-state index >= 15 is 0 Å². The second-order valence-electron chi connectivity index (χ2n) is 4.57. The largest absolute Gasteiger partial charge is 0.480 e. The molecule has 0 spiro atoms. The first-order valence-electron chi connectivity index (χ1n) is 6.45. The van der Waals surface area contributed by atoms with Crippen LogP contribution in [-0.2, 0) is 20.8 Å². The highest BCUT2D eigenvalue weighted by molar-refractivity contribution is 5.90. The molecule has 0 aromatic carbocycles. The number of rotatable bonds is 8. The Kier molecular flexibility index (Phi) is 6.24. The van der Waals surface area contributed by atoms with Gasteiger partial charge in [0, 0.05) is 0 Å². The Morgan fingerprint density at radius 1 is 1.38 bits per heavy atom. The van der Waals surface area contributed by atoms with Crippen LogP contribution in [0.15, 0.2) is 0 Å². The molecule has 21 heavy (non-hydrogen) atoms. The first-order valence-corrected chi connectivity index (χ1v) is 6.45. The zero-order valence-electron chi connectivity index (χ0n) is 11.8. The van der Waals surface area contributed by atoms with Gasteiger partial charge in [0.15, 0.2) is 5.82 Å². The number of hydrogen-bond donors (Lipinski definition) is 4. The third-order valence-electron chi connectivity index (χ3n) is 2.94. The number of aromatic nitrogens is 4. The number of nitrogens with one attached hydrogen (secondary N) is 3. The van der Waals surface area contributed by atoms with Crippen LogP contribution in [0.25, 0.3) is 0 Å². The highest BCUT2D eigenvalue weighted by Crippen LogP contribution is 2.08. The van der Waals surface area contributed by atoms with Gasteiger partial charge in [0.2, 0.25) is 11.8 Å². The number of aromatic amines is 1. The summed E-state index contributed by atoms with van der Waals surface area (Å²) in [6.45, 7) is 3.17. The number of hydrogen-bond acceptors (Lipinski definition) is 6. The number of carboxylic acids is 1. The first-order chi connectivity index (χ1) is 9.93. The Bertz CT molecular complexity index is 489. The van der Waals surface area contributed by atoms with E-state index in [9.17, 15) is 14.4 Å². The van der Waals surface area contributed by atoms with Crippen LogP contribution in [0.3, 0.4) is 0 Å². The van der Waals surface area contributed by atoms with Gasteiger partial charge in [-0.3, -0.25) is 14.4 Å². The zero-order chi connectivity index (χ0) is 15.8. The molecule has 1 aromatic heterocycles. The molecular weight excluding hydrogens is 280 g/mol. The van der Waals surface area contributed by atoms with E-state index in [0.717, 1.165) is 0 Å². The van der Waals surface area contributed by atoms with Crippen LogP contribution in [0.1, 0.15) is 26.1 Å². The zero-order valence-corrected chi connectivity index (χ0v) is 11.8. The molecule has 0 unspecified atom stereocenters. The molecule has 0 aliphatic heterocycles. The number of tetrazole rings is 1. The summed E-state index contributed by atoms with van der Waals surface area (Å²) in [4.78, 5) is 34.3. The molecule has 0 bridgehead atoms. The Labute approximate surface area is 120 Å². The van der Waals surface area contributed by atoms with Gasteiger partial charge in [0.25, 0.3) is 0 Å². The minimum atomic E-state index is -1.15. The molecule has 1 heterocycles. The summed E-state index contributed by atoms with van der Waals surface area (Å²) in [7, 11) is 0. The van der Waals surface area contributed by atoms with Crippen molar-refractivity contribution in [2.75, 3.05) is 6.54 Å². The van der Waals surface area contributed by atoms with Gasteiger partial charge in [-0.25, -0.2) is 5.10 Å². The quantitative estimate of drug-likeness (QED) is 0.455. The standard InChI is InChI=1S/C11H18N6O4/c1-3-6(2)10(11(21)12-5-9(19)20)13-8(18)4-7-14-16-17-15-7/h6,10H,3-5H2,1-2H3,(H,12,21)(H,13,18)(H,19,20)(H,14,15,16,17)/t6-,10-/m0/s1. The number of carboxylic acid groups (broad SMARTS) is 1. The van der Waals surface area contributed by atoms with Crippen molar-refractivity contribution in [2.45, 2.75) is 32.7 Å². The van der Waals surface area contributed by atoms with Crippen molar-refractivity contribution in [2.24, 2.45) is 5.92 Å². The third kappa shape index (κ3) is 5.55. The van der Waals surface area contributed by atoms with E-state index in [1.807, 2.05) is 6.92 Å². The fourth-order valence-electron chi connectivity index (χ4n) is 1.60.